The Labute approximate surface area is 184 Å². The van der Waals surface area contributed by atoms with E-state index in [9.17, 15) is 9.59 Å². The van der Waals surface area contributed by atoms with E-state index < -0.39 is 0 Å². The van der Waals surface area contributed by atoms with Gasteiger partial charge in [0.05, 0.1) is 18.0 Å². The fraction of sp³-hybridized carbons (Fsp3) is 0.773. The van der Waals surface area contributed by atoms with Crippen molar-refractivity contribution in [2.24, 2.45) is 0 Å². The lowest BCUT2D eigenvalue weighted by atomic mass is 9.97. The van der Waals surface area contributed by atoms with E-state index in [1.165, 1.54) is 17.3 Å². The summed E-state index contributed by atoms with van der Waals surface area (Å²) in [6.07, 6.45) is 4.20. The zero-order valence-electron chi connectivity index (χ0n) is 18.9. The third kappa shape index (κ3) is 5.65. The summed E-state index contributed by atoms with van der Waals surface area (Å²) in [5.41, 5.74) is 2.14. The van der Waals surface area contributed by atoms with E-state index in [4.69, 9.17) is 4.74 Å². The highest BCUT2D eigenvalue weighted by Gasteiger charge is 2.27. The second kappa shape index (κ2) is 10.8. The summed E-state index contributed by atoms with van der Waals surface area (Å²) >= 11 is 1.43. The number of hydrogen-bond acceptors (Lipinski definition) is 6. The molecule has 2 atom stereocenters. The first-order valence-electron chi connectivity index (χ1n) is 11.3. The van der Waals surface area contributed by atoms with Crippen LogP contribution in [0.25, 0.3) is 0 Å². The van der Waals surface area contributed by atoms with Gasteiger partial charge in [0.15, 0.2) is 0 Å². The van der Waals surface area contributed by atoms with Crippen LogP contribution < -0.4 is 5.69 Å². The third-order valence-electron chi connectivity index (χ3n) is 6.09. The minimum Gasteiger partial charge on any atom is -0.372 e. The molecule has 1 aliphatic carbocycles. The van der Waals surface area contributed by atoms with Gasteiger partial charge in [-0.25, -0.2) is 4.79 Å². The number of likely N-dealkylation sites (N-methyl/N-ethyl adjacent to an activating group) is 1. The Morgan fingerprint density at radius 2 is 1.83 bits per heavy atom. The molecule has 8 heteroatoms. The topological polar surface area (TPSA) is 67.7 Å². The van der Waals surface area contributed by atoms with Crippen LogP contribution >= 0.6 is 11.8 Å². The van der Waals surface area contributed by atoms with Gasteiger partial charge in [-0.05, 0) is 52.6 Å². The zero-order chi connectivity index (χ0) is 21.7. The summed E-state index contributed by atoms with van der Waals surface area (Å²) < 4.78 is 7.61. The zero-order valence-corrected chi connectivity index (χ0v) is 19.7. The van der Waals surface area contributed by atoms with Crippen LogP contribution in [0.5, 0.6) is 0 Å². The van der Waals surface area contributed by atoms with Gasteiger partial charge in [0.25, 0.3) is 0 Å². The third-order valence-corrected chi connectivity index (χ3v) is 7.09. The van der Waals surface area contributed by atoms with Crippen LogP contribution in [0, 0.1) is 0 Å². The molecule has 168 valence electrons. The van der Waals surface area contributed by atoms with Crippen molar-refractivity contribution >= 4 is 17.7 Å². The Hall–Kier alpha value is -1.38. The summed E-state index contributed by atoms with van der Waals surface area (Å²) in [6.45, 7) is 13.1. The number of thioether (sulfide) groups is 1. The molecule has 0 saturated carbocycles. The number of ether oxygens (including phenoxy) is 1. The number of carbonyl (C=O) groups excluding carboxylic acids is 1. The summed E-state index contributed by atoms with van der Waals surface area (Å²) in [4.78, 5) is 34.2. The van der Waals surface area contributed by atoms with Crippen molar-refractivity contribution in [2.75, 3.05) is 38.5 Å². The van der Waals surface area contributed by atoms with Crippen LogP contribution in [0.3, 0.4) is 0 Å². The summed E-state index contributed by atoms with van der Waals surface area (Å²) in [7, 11) is 0. The highest BCUT2D eigenvalue weighted by atomic mass is 32.2. The van der Waals surface area contributed by atoms with Crippen LogP contribution in [0.15, 0.2) is 9.82 Å². The molecular weight excluding hydrogens is 400 g/mol. The molecule has 0 aromatic carbocycles. The van der Waals surface area contributed by atoms with Gasteiger partial charge in [0, 0.05) is 37.4 Å². The maximum atomic E-state index is 12.8. The maximum Gasteiger partial charge on any atom is 0.348 e. The second-order valence-electron chi connectivity index (χ2n) is 8.36. The van der Waals surface area contributed by atoms with Gasteiger partial charge in [-0.1, -0.05) is 25.6 Å². The number of aromatic nitrogens is 2. The summed E-state index contributed by atoms with van der Waals surface area (Å²) in [5, 5.41) is 0.761. The smallest absolute Gasteiger partial charge is 0.348 e. The Morgan fingerprint density at radius 3 is 2.50 bits per heavy atom. The van der Waals surface area contributed by atoms with Crippen molar-refractivity contribution in [1.29, 1.82) is 0 Å². The van der Waals surface area contributed by atoms with E-state index in [0.29, 0.717) is 25.4 Å². The van der Waals surface area contributed by atoms with E-state index in [1.54, 1.807) is 0 Å². The molecule has 1 saturated heterocycles. The molecule has 2 unspecified atom stereocenters. The molecule has 1 fully saturated rings. The molecular formula is C22H36N4O3S. The number of fused-ring (bicyclic) bond motifs is 1. The first-order chi connectivity index (χ1) is 14.4. The van der Waals surface area contributed by atoms with Crippen molar-refractivity contribution in [3.63, 3.8) is 0 Å². The molecule has 1 aromatic heterocycles. The molecule has 1 aromatic rings. The van der Waals surface area contributed by atoms with E-state index in [1.807, 2.05) is 23.3 Å². The average molecular weight is 437 g/mol. The molecule has 2 aliphatic rings. The molecule has 0 bridgehead atoms. The van der Waals surface area contributed by atoms with Crippen molar-refractivity contribution in [3.8, 4) is 0 Å². The first-order valence-corrected chi connectivity index (χ1v) is 12.3. The highest BCUT2D eigenvalue weighted by molar-refractivity contribution is 7.99. The monoisotopic (exact) mass is 436 g/mol. The minimum absolute atomic E-state index is 0.0586. The molecule has 0 spiro atoms. The van der Waals surface area contributed by atoms with Gasteiger partial charge < -0.3 is 14.5 Å². The highest BCUT2D eigenvalue weighted by Crippen LogP contribution is 2.29. The molecule has 1 amide bonds. The number of carbonyl (C=O) groups is 1. The predicted molar refractivity (Wildman–Crippen MR) is 120 cm³/mol. The predicted octanol–water partition coefficient (Wildman–Crippen LogP) is 2.19. The number of nitrogens with zero attached hydrogens (tertiary/aromatic N) is 4. The lowest BCUT2D eigenvalue weighted by Gasteiger charge is -2.35. The standard InChI is InChI=1S/C22H36N4O3S/c1-5-24(6-2)11-12-26-19-10-8-7-9-18(19)21(23-22(26)28)30-15-20(27)25-13-16(3)29-17(4)14-25/h16-17H,5-15H2,1-4H3. The lowest BCUT2D eigenvalue weighted by molar-refractivity contribution is -0.140. The van der Waals surface area contributed by atoms with Crippen molar-refractivity contribution < 1.29 is 9.53 Å². The van der Waals surface area contributed by atoms with Crippen molar-refractivity contribution in [2.45, 2.75) is 77.2 Å². The number of rotatable bonds is 8. The number of amides is 1. The van der Waals surface area contributed by atoms with E-state index in [0.717, 1.165) is 56.0 Å². The maximum absolute atomic E-state index is 12.8. The van der Waals surface area contributed by atoms with Crippen molar-refractivity contribution in [1.82, 2.24) is 19.4 Å². The average Bonchev–Trinajstić information content (AvgIpc) is 2.73. The molecule has 30 heavy (non-hydrogen) atoms. The molecule has 3 rings (SSSR count). The van der Waals surface area contributed by atoms with E-state index in [2.05, 4.69) is 23.7 Å². The van der Waals surface area contributed by atoms with Gasteiger partial charge in [0.2, 0.25) is 5.91 Å². The number of morpholine rings is 1. The van der Waals surface area contributed by atoms with Gasteiger partial charge in [0.1, 0.15) is 5.03 Å². The molecule has 1 aliphatic heterocycles. The van der Waals surface area contributed by atoms with Crippen LogP contribution in [-0.2, 0) is 28.9 Å². The molecule has 7 nitrogen and oxygen atoms in total. The quantitative estimate of drug-likeness (QED) is 0.460. The fourth-order valence-electron chi connectivity index (χ4n) is 4.48. The Kier molecular flexibility index (Phi) is 8.36. The van der Waals surface area contributed by atoms with Crippen LogP contribution in [-0.4, -0.2) is 75.9 Å². The summed E-state index contributed by atoms with van der Waals surface area (Å²) in [6, 6.07) is 0. The van der Waals surface area contributed by atoms with Crippen molar-refractivity contribution in [3.05, 3.63) is 21.7 Å². The lowest BCUT2D eigenvalue weighted by Crippen LogP contribution is -2.48. The molecule has 2 heterocycles. The SMILES string of the molecule is CCN(CC)CCn1c2c(c(SCC(=O)N3CC(C)OC(C)C3)nc1=O)CCCC2. The minimum atomic E-state index is -0.175. The largest absolute Gasteiger partial charge is 0.372 e. The Bertz CT molecular complexity index is 783. The second-order valence-corrected chi connectivity index (χ2v) is 9.32. The van der Waals surface area contributed by atoms with Gasteiger partial charge >= 0.3 is 5.69 Å². The van der Waals surface area contributed by atoms with Gasteiger partial charge in [-0.3, -0.25) is 9.36 Å². The summed E-state index contributed by atoms with van der Waals surface area (Å²) in [5.74, 6) is 0.418. The Morgan fingerprint density at radius 1 is 1.17 bits per heavy atom. The fourth-order valence-corrected chi connectivity index (χ4v) is 5.46. The van der Waals surface area contributed by atoms with E-state index >= 15 is 0 Å². The van der Waals surface area contributed by atoms with Gasteiger partial charge in [-0.15, -0.1) is 0 Å². The van der Waals surface area contributed by atoms with Crippen LogP contribution in [0.1, 0.15) is 51.8 Å². The van der Waals surface area contributed by atoms with E-state index in [-0.39, 0.29) is 23.8 Å². The van der Waals surface area contributed by atoms with Crippen LogP contribution in [0.4, 0.5) is 0 Å². The number of hydrogen-bond donors (Lipinski definition) is 0. The van der Waals surface area contributed by atoms with Gasteiger partial charge in [-0.2, -0.15) is 4.98 Å². The Balaban J connectivity index is 1.73. The molecule has 0 N–H and O–H groups in total. The first kappa shape index (κ1) is 23.3. The van der Waals surface area contributed by atoms with Crippen LogP contribution in [0.2, 0.25) is 0 Å². The normalized spacial score (nSPS) is 21.7. The molecule has 0 radical (unpaired) electrons.